The summed E-state index contributed by atoms with van der Waals surface area (Å²) in [4.78, 5) is 14.7. The number of benzene rings is 1. The molecule has 0 bridgehead atoms. The molecule has 3 aromatic heterocycles. The van der Waals surface area contributed by atoms with E-state index in [-0.39, 0.29) is 0 Å². The Balaban J connectivity index is 1.48. The third-order valence-electron chi connectivity index (χ3n) is 5.55. The van der Waals surface area contributed by atoms with Crippen LogP contribution in [0.3, 0.4) is 0 Å². The molecule has 136 valence electrons. The summed E-state index contributed by atoms with van der Waals surface area (Å²) in [5.74, 6) is 0.968. The van der Waals surface area contributed by atoms with Gasteiger partial charge >= 0.3 is 0 Å². The normalized spacial score (nSPS) is 14.9. The van der Waals surface area contributed by atoms with Gasteiger partial charge in [0.25, 0.3) is 0 Å². The van der Waals surface area contributed by atoms with Crippen molar-refractivity contribution in [2.45, 2.75) is 19.8 Å². The van der Waals surface area contributed by atoms with Crippen molar-refractivity contribution in [1.82, 2.24) is 24.7 Å². The first-order valence-corrected chi connectivity index (χ1v) is 9.42. The maximum absolute atomic E-state index is 4.53. The highest BCUT2D eigenvalue weighted by Crippen LogP contribution is 2.32. The molecule has 1 N–H and O–H groups in total. The predicted molar refractivity (Wildman–Crippen MR) is 109 cm³/mol. The number of nitrogens with one attached hydrogen (secondary N) is 1. The van der Waals surface area contributed by atoms with Crippen molar-refractivity contribution in [3.05, 3.63) is 54.1 Å². The highest BCUT2D eigenvalue weighted by molar-refractivity contribution is 5.95. The Morgan fingerprint density at radius 1 is 1.19 bits per heavy atom. The molecule has 0 saturated heterocycles. The van der Waals surface area contributed by atoms with Crippen LogP contribution < -0.4 is 4.90 Å². The largest absolute Gasteiger partial charge is 0.360 e. The molecule has 0 radical (unpaired) electrons. The molecule has 0 fully saturated rings. The van der Waals surface area contributed by atoms with E-state index >= 15 is 0 Å². The number of hydrogen-bond donors (Lipinski definition) is 1. The highest BCUT2D eigenvalue weighted by atomic mass is 15.3. The van der Waals surface area contributed by atoms with Crippen LogP contribution in [0.25, 0.3) is 27.5 Å². The van der Waals surface area contributed by atoms with E-state index in [2.05, 4.69) is 62.3 Å². The zero-order valence-corrected chi connectivity index (χ0v) is 15.6. The van der Waals surface area contributed by atoms with Gasteiger partial charge in [0.1, 0.15) is 12.1 Å². The maximum Gasteiger partial charge on any atom is 0.163 e. The quantitative estimate of drug-likeness (QED) is 0.606. The molecule has 5 rings (SSSR count). The molecule has 6 heteroatoms. The Hall–Kier alpha value is -3.15. The van der Waals surface area contributed by atoms with Gasteiger partial charge in [-0.05, 0) is 24.0 Å². The molecule has 4 heterocycles. The Morgan fingerprint density at radius 2 is 2.11 bits per heavy atom. The topological polar surface area (TPSA) is 62.6 Å². The van der Waals surface area contributed by atoms with Gasteiger partial charge in [0.2, 0.25) is 0 Å². The second-order valence-corrected chi connectivity index (χ2v) is 7.02. The zero-order chi connectivity index (χ0) is 18.4. The van der Waals surface area contributed by atoms with Crippen molar-refractivity contribution in [2.75, 3.05) is 18.0 Å². The first kappa shape index (κ1) is 16.1. The second kappa shape index (κ2) is 6.23. The SMILES string of the molecule is CCc1cccc2c(C3=CCN(c4ncnc5c4cnn5C)CC3)c[nH]c12. The first-order valence-electron chi connectivity index (χ1n) is 9.42. The van der Waals surface area contributed by atoms with Gasteiger partial charge in [0, 0.05) is 42.8 Å². The van der Waals surface area contributed by atoms with E-state index in [1.54, 1.807) is 11.0 Å². The molecule has 0 amide bonds. The van der Waals surface area contributed by atoms with Crippen molar-refractivity contribution in [3.8, 4) is 0 Å². The van der Waals surface area contributed by atoms with E-state index < -0.39 is 0 Å². The van der Waals surface area contributed by atoms with Crippen LogP contribution in [0.15, 0.2) is 43.0 Å². The number of para-hydroxylation sites is 1. The molecule has 0 spiro atoms. The summed E-state index contributed by atoms with van der Waals surface area (Å²) in [6.45, 7) is 3.98. The zero-order valence-electron chi connectivity index (χ0n) is 15.6. The molecule has 0 aliphatic carbocycles. The van der Waals surface area contributed by atoms with Crippen molar-refractivity contribution in [1.29, 1.82) is 0 Å². The lowest BCUT2D eigenvalue weighted by atomic mass is 9.97. The van der Waals surface area contributed by atoms with E-state index in [0.717, 1.165) is 42.8 Å². The van der Waals surface area contributed by atoms with Crippen LogP contribution in [0, 0.1) is 0 Å². The second-order valence-electron chi connectivity index (χ2n) is 7.02. The lowest BCUT2D eigenvalue weighted by molar-refractivity contribution is 0.784. The van der Waals surface area contributed by atoms with Gasteiger partial charge < -0.3 is 9.88 Å². The number of fused-ring (bicyclic) bond motifs is 2. The van der Waals surface area contributed by atoms with E-state index in [4.69, 9.17) is 0 Å². The Kier molecular flexibility index (Phi) is 3.70. The molecule has 0 unspecified atom stereocenters. The van der Waals surface area contributed by atoms with Crippen LogP contribution in [0.5, 0.6) is 0 Å². The summed E-state index contributed by atoms with van der Waals surface area (Å²) in [6, 6.07) is 6.58. The minimum absolute atomic E-state index is 0.844. The molecular weight excluding hydrogens is 336 g/mol. The van der Waals surface area contributed by atoms with Crippen molar-refractivity contribution >= 4 is 33.3 Å². The number of aryl methyl sites for hydroxylation is 2. The number of aromatic amines is 1. The molecular formula is C21H22N6. The summed E-state index contributed by atoms with van der Waals surface area (Å²) in [6.07, 6.45) is 10.0. The number of rotatable bonds is 3. The van der Waals surface area contributed by atoms with Gasteiger partial charge in [-0.1, -0.05) is 31.2 Å². The van der Waals surface area contributed by atoms with Gasteiger partial charge in [0.05, 0.1) is 11.6 Å². The summed E-state index contributed by atoms with van der Waals surface area (Å²) in [7, 11) is 1.91. The monoisotopic (exact) mass is 358 g/mol. The standard InChI is InChI=1S/C21H22N6/c1-3-14-5-4-6-16-17(11-22-19(14)16)15-7-9-27(10-8-15)21-18-12-25-26(2)20(18)23-13-24-21/h4-7,11-13,22H,3,8-10H2,1-2H3. The number of aromatic nitrogens is 5. The van der Waals surface area contributed by atoms with Gasteiger partial charge in [-0.15, -0.1) is 0 Å². The number of anilines is 1. The van der Waals surface area contributed by atoms with E-state index in [1.807, 2.05) is 13.2 Å². The van der Waals surface area contributed by atoms with Crippen LogP contribution in [-0.4, -0.2) is 37.8 Å². The van der Waals surface area contributed by atoms with Crippen molar-refractivity contribution < 1.29 is 0 Å². The fraction of sp³-hybridized carbons (Fsp3) is 0.286. The van der Waals surface area contributed by atoms with E-state index in [0.29, 0.717) is 0 Å². The van der Waals surface area contributed by atoms with E-state index in [9.17, 15) is 0 Å². The highest BCUT2D eigenvalue weighted by Gasteiger charge is 2.20. The van der Waals surface area contributed by atoms with Crippen LogP contribution in [0.2, 0.25) is 0 Å². The lowest BCUT2D eigenvalue weighted by Gasteiger charge is -2.27. The molecule has 1 aliphatic heterocycles. The third-order valence-corrected chi connectivity index (χ3v) is 5.55. The van der Waals surface area contributed by atoms with Crippen LogP contribution in [0.4, 0.5) is 5.82 Å². The fourth-order valence-corrected chi connectivity index (χ4v) is 4.09. The van der Waals surface area contributed by atoms with Crippen molar-refractivity contribution in [2.24, 2.45) is 7.05 Å². The fourth-order valence-electron chi connectivity index (χ4n) is 4.09. The summed E-state index contributed by atoms with van der Waals surface area (Å²) in [5.41, 5.74) is 6.25. The Labute approximate surface area is 157 Å². The molecule has 27 heavy (non-hydrogen) atoms. The smallest absolute Gasteiger partial charge is 0.163 e. The molecule has 1 aliphatic rings. The van der Waals surface area contributed by atoms with Gasteiger partial charge in [-0.3, -0.25) is 4.68 Å². The van der Waals surface area contributed by atoms with Gasteiger partial charge in [-0.2, -0.15) is 5.10 Å². The van der Waals surface area contributed by atoms with Crippen LogP contribution in [-0.2, 0) is 13.5 Å². The summed E-state index contributed by atoms with van der Waals surface area (Å²) >= 11 is 0. The number of H-pyrrole nitrogens is 1. The summed E-state index contributed by atoms with van der Waals surface area (Å²) in [5, 5.41) is 6.66. The lowest BCUT2D eigenvalue weighted by Crippen LogP contribution is -2.29. The number of nitrogens with zero attached hydrogens (tertiary/aromatic N) is 5. The molecule has 4 aromatic rings. The minimum Gasteiger partial charge on any atom is -0.360 e. The first-order chi connectivity index (χ1) is 13.3. The average Bonchev–Trinajstić information content (AvgIpc) is 3.32. The van der Waals surface area contributed by atoms with Crippen LogP contribution >= 0.6 is 0 Å². The van der Waals surface area contributed by atoms with Crippen molar-refractivity contribution in [3.63, 3.8) is 0 Å². The van der Waals surface area contributed by atoms with Gasteiger partial charge in [-0.25, -0.2) is 9.97 Å². The Bertz CT molecular complexity index is 1170. The van der Waals surface area contributed by atoms with Crippen LogP contribution in [0.1, 0.15) is 24.5 Å². The summed E-state index contributed by atoms with van der Waals surface area (Å²) < 4.78 is 1.79. The number of hydrogen-bond acceptors (Lipinski definition) is 4. The molecule has 1 aromatic carbocycles. The van der Waals surface area contributed by atoms with E-state index in [1.165, 1.54) is 27.6 Å². The minimum atomic E-state index is 0.844. The molecule has 0 saturated carbocycles. The third kappa shape index (κ3) is 2.51. The average molecular weight is 358 g/mol. The molecule has 0 atom stereocenters. The maximum atomic E-state index is 4.53. The Morgan fingerprint density at radius 3 is 2.93 bits per heavy atom. The molecule has 6 nitrogen and oxygen atoms in total. The predicted octanol–water partition coefficient (Wildman–Crippen LogP) is 3.70. The van der Waals surface area contributed by atoms with Gasteiger partial charge in [0.15, 0.2) is 5.65 Å².